The third-order valence-corrected chi connectivity index (χ3v) is 6.89. The zero-order chi connectivity index (χ0) is 22.0. The summed E-state index contributed by atoms with van der Waals surface area (Å²) in [5.41, 5.74) is 3.34. The van der Waals surface area contributed by atoms with Crippen LogP contribution in [0.5, 0.6) is 0 Å². The number of Topliss-reactive ketones (excluding diaryl/α,β-unsaturated/α-hetero) is 1. The third kappa shape index (κ3) is 4.46. The summed E-state index contributed by atoms with van der Waals surface area (Å²) >= 11 is 1.49. The molecule has 31 heavy (non-hydrogen) atoms. The van der Waals surface area contributed by atoms with E-state index >= 15 is 0 Å². The predicted octanol–water partition coefficient (Wildman–Crippen LogP) is 4.86. The highest BCUT2D eigenvalue weighted by atomic mass is 32.1. The Labute approximate surface area is 187 Å². The van der Waals surface area contributed by atoms with Gasteiger partial charge in [0, 0.05) is 23.6 Å². The Bertz CT molecular complexity index is 993. The highest BCUT2D eigenvalue weighted by molar-refractivity contribution is 7.10. The molecule has 1 aromatic carbocycles. The Kier molecular flexibility index (Phi) is 6.58. The molecule has 164 valence electrons. The van der Waals surface area contributed by atoms with Crippen molar-refractivity contribution in [2.75, 3.05) is 13.2 Å². The SMILES string of the molecule is CC(C)OCCCN1C(=O)C(=O)/C(=C(\O)c2ccc3c(c2)CCCC3)C1c1cccs1. The molecule has 2 aromatic rings. The van der Waals surface area contributed by atoms with E-state index in [4.69, 9.17) is 4.74 Å². The molecule has 2 heterocycles. The number of rotatable bonds is 7. The minimum absolute atomic E-state index is 0.0777. The first-order valence-corrected chi connectivity index (χ1v) is 11.9. The zero-order valence-electron chi connectivity index (χ0n) is 18.1. The van der Waals surface area contributed by atoms with Gasteiger partial charge in [0.25, 0.3) is 11.7 Å². The Morgan fingerprint density at radius 3 is 2.68 bits per heavy atom. The van der Waals surface area contributed by atoms with E-state index in [1.165, 1.54) is 28.9 Å². The lowest BCUT2D eigenvalue weighted by Gasteiger charge is -2.24. The highest BCUT2D eigenvalue weighted by Gasteiger charge is 2.46. The summed E-state index contributed by atoms with van der Waals surface area (Å²) in [5, 5.41) is 13.1. The number of carbonyl (C=O) groups excluding carboxylic acids is 2. The maximum atomic E-state index is 13.0. The minimum Gasteiger partial charge on any atom is -0.507 e. The van der Waals surface area contributed by atoms with Crippen LogP contribution in [0.15, 0.2) is 41.3 Å². The summed E-state index contributed by atoms with van der Waals surface area (Å²) in [6.45, 7) is 4.86. The fourth-order valence-electron chi connectivity index (χ4n) is 4.44. The molecule has 1 amide bonds. The smallest absolute Gasteiger partial charge is 0.295 e. The summed E-state index contributed by atoms with van der Waals surface area (Å²) in [6, 6.07) is 9.16. The van der Waals surface area contributed by atoms with Crippen molar-refractivity contribution in [3.05, 3.63) is 62.9 Å². The molecule has 5 nitrogen and oxygen atoms in total. The van der Waals surface area contributed by atoms with Crippen LogP contribution in [-0.2, 0) is 27.2 Å². The molecular weight excluding hydrogens is 410 g/mol. The van der Waals surface area contributed by atoms with Crippen molar-refractivity contribution >= 4 is 28.8 Å². The summed E-state index contributed by atoms with van der Waals surface area (Å²) in [6.07, 6.45) is 5.10. The number of nitrogens with zero attached hydrogens (tertiary/aromatic N) is 1. The molecule has 1 aromatic heterocycles. The summed E-state index contributed by atoms with van der Waals surface area (Å²) in [4.78, 5) is 28.4. The first-order valence-electron chi connectivity index (χ1n) is 11.0. The highest BCUT2D eigenvalue weighted by Crippen LogP contribution is 2.41. The summed E-state index contributed by atoms with van der Waals surface area (Å²) in [7, 11) is 0. The van der Waals surface area contributed by atoms with Gasteiger partial charge in [-0.3, -0.25) is 9.59 Å². The van der Waals surface area contributed by atoms with Gasteiger partial charge in [0.05, 0.1) is 17.7 Å². The average molecular weight is 440 g/mol. The molecule has 6 heteroatoms. The van der Waals surface area contributed by atoms with E-state index in [1.807, 2.05) is 49.6 Å². The van der Waals surface area contributed by atoms with Gasteiger partial charge in [0.15, 0.2) is 0 Å². The molecule has 1 atom stereocenters. The van der Waals surface area contributed by atoms with E-state index in [2.05, 4.69) is 0 Å². The van der Waals surface area contributed by atoms with E-state index < -0.39 is 17.7 Å². The van der Waals surface area contributed by atoms with Gasteiger partial charge in [-0.2, -0.15) is 0 Å². The van der Waals surface area contributed by atoms with Gasteiger partial charge >= 0.3 is 0 Å². The number of benzene rings is 1. The van der Waals surface area contributed by atoms with Crippen molar-refractivity contribution in [3.8, 4) is 0 Å². The van der Waals surface area contributed by atoms with Gasteiger partial charge in [-0.1, -0.05) is 18.2 Å². The van der Waals surface area contributed by atoms with Crippen LogP contribution < -0.4 is 0 Å². The van der Waals surface area contributed by atoms with Crippen LogP contribution in [0.2, 0.25) is 0 Å². The second-order valence-corrected chi connectivity index (χ2v) is 9.45. The number of hydrogen-bond donors (Lipinski definition) is 1. The topological polar surface area (TPSA) is 66.8 Å². The van der Waals surface area contributed by atoms with Crippen LogP contribution in [0, 0.1) is 0 Å². The molecule has 0 spiro atoms. The van der Waals surface area contributed by atoms with Crippen molar-refractivity contribution in [3.63, 3.8) is 0 Å². The first kappa shape index (κ1) is 21.8. The minimum atomic E-state index is -0.613. The molecule has 4 rings (SSSR count). The van der Waals surface area contributed by atoms with Crippen LogP contribution in [0.4, 0.5) is 0 Å². The number of amides is 1. The number of hydrogen-bond acceptors (Lipinski definition) is 5. The standard InChI is InChI=1S/C25H29NO4S/c1-16(2)30-13-6-12-26-22(20-9-5-14-31-20)21(24(28)25(26)29)23(27)19-11-10-17-7-3-4-8-18(17)15-19/h5,9-11,14-16,22,27H,3-4,6-8,12-13H2,1-2H3/b23-21-. The van der Waals surface area contributed by atoms with Gasteiger partial charge in [0.1, 0.15) is 5.76 Å². The molecule has 1 unspecified atom stereocenters. The number of ether oxygens (including phenoxy) is 1. The lowest BCUT2D eigenvalue weighted by molar-refractivity contribution is -0.140. The van der Waals surface area contributed by atoms with E-state index in [9.17, 15) is 14.7 Å². The second kappa shape index (κ2) is 9.37. The zero-order valence-corrected chi connectivity index (χ0v) is 18.9. The van der Waals surface area contributed by atoms with Crippen molar-refractivity contribution in [1.29, 1.82) is 0 Å². The Balaban J connectivity index is 1.69. The van der Waals surface area contributed by atoms with Crippen molar-refractivity contribution in [2.24, 2.45) is 0 Å². The fraction of sp³-hybridized carbons (Fsp3) is 0.440. The fourth-order valence-corrected chi connectivity index (χ4v) is 5.29. The van der Waals surface area contributed by atoms with Crippen LogP contribution in [0.25, 0.3) is 5.76 Å². The summed E-state index contributed by atoms with van der Waals surface area (Å²) < 4.78 is 5.60. The molecule has 0 saturated carbocycles. The molecule has 1 saturated heterocycles. The van der Waals surface area contributed by atoms with Crippen LogP contribution >= 0.6 is 11.3 Å². The number of thiophene rings is 1. The molecule has 0 bridgehead atoms. The second-order valence-electron chi connectivity index (χ2n) is 8.47. The van der Waals surface area contributed by atoms with Crippen LogP contribution in [0.1, 0.15) is 60.7 Å². The number of aliphatic hydroxyl groups excluding tert-OH is 1. The Morgan fingerprint density at radius 2 is 1.97 bits per heavy atom. The number of ketones is 1. The van der Waals surface area contributed by atoms with E-state index in [1.54, 1.807) is 4.90 Å². The van der Waals surface area contributed by atoms with Gasteiger partial charge in [-0.25, -0.2) is 0 Å². The van der Waals surface area contributed by atoms with Crippen molar-refractivity contribution < 1.29 is 19.4 Å². The maximum absolute atomic E-state index is 13.0. The molecular formula is C25H29NO4S. The molecule has 1 aliphatic carbocycles. The predicted molar refractivity (Wildman–Crippen MR) is 122 cm³/mol. The maximum Gasteiger partial charge on any atom is 0.295 e. The van der Waals surface area contributed by atoms with E-state index in [-0.39, 0.29) is 17.4 Å². The van der Waals surface area contributed by atoms with E-state index in [0.29, 0.717) is 25.1 Å². The monoisotopic (exact) mass is 439 g/mol. The average Bonchev–Trinajstić information content (AvgIpc) is 3.38. The number of fused-ring (bicyclic) bond motifs is 1. The lowest BCUT2D eigenvalue weighted by atomic mass is 9.89. The van der Waals surface area contributed by atoms with Gasteiger partial charge in [0.2, 0.25) is 0 Å². The van der Waals surface area contributed by atoms with Crippen LogP contribution in [0.3, 0.4) is 0 Å². The summed E-state index contributed by atoms with van der Waals surface area (Å²) in [5.74, 6) is -1.24. The van der Waals surface area contributed by atoms with Crippen LogP contribution in [-0.4, -0.2) is 41.0 Å². The first-order chi connectivity index (χ1) is 15.0. The van der Waals surface area contributed by atoms with Gasteiger partial charge in [-0.15, -0.1) is 11.3 Å². The number of carbonyl (C=O) groups is 2. The quantitative estimate of drug-likeness (QED) is 0.289. The third-order valence-electron chi connectivity index (χ3n) is 5.97. The largest absolute Gasteiger partial charge is 0.507 e. The Morgan fingerprint density at radius 1 is 1.19 bits per heavy atom. The number of aliphatic hydroxyl groups is 1. The molecule has 1 fully saturated rings. The molecule has 2 aliphatic rings. The number of likely N-dealkylation sites (tertiary alicyclic amines) is 1. The molecule has 1 N–H and O–H groups in total. The lowest BCUT2D eigenvalue weighted by Crippen LogP contribution is -2.31. The molecule has 0 radical (unpaired) electrons. The molecule has 1 aliphatic heterocycles. The van der Waals surface area contributed by atoms with E-state index in [0.717, 1.165) is 24.1 Å². The Hall–Kier alpha value is -2.44. The normalized spacial score (nSPS) is 20.5. The van der Waals surface area contributed by atoms with Crippen molar-refractivity contribution in [2.45, 2.75) is 58.1 Å². The number of aryl methyl sites for hydroxylation is 2. The van der Waals surface area contributed by atoms with Gasteiger partial charge < -0.3 is 14.7 Å². The van der Waals surface area contributed by atoms with Gasteiger partial charge in [-0.05, 0) is 74.6 Å². The van der Waals surface area contributed by atoms with Crippen molar-refractivity contribution in [1.82, 2.24) is 4.90 Å².